The molecular weight excluding hydrogens is 274 g/mol. The fourth-order valence-electron chi connectivity index (χ4n) is 6.77. The zero-order chi connectivity index (χ0) is 15.7. The van der Waals surface area contributed by atoms with Crippen LogP contribution < -0.4 is 0 Å². The van der Waals surface area contributed by atoms with Crippen LogP contribution in [-0.4, -0.2) is 17.3 Å². The first-order chi connectivity index (χ1) is 10.4. The minimum atomic E-state index is -0.0671. The maximum atomic E-state index is 12.4. The first-order valence-corrected chi connectivity index (χ1v) is 9.03. The van der Waals surface area contributed by atoms with Gasteiger partial charge in [0.25, 0.3) is 0 Å². The van der Waals surface area contributed by atoms with Crippen LogP contribution in [0.15, 0.2) is 0 Å². The molecule has 1 unspecified atom stereocenters. The SMILES string of the molecule is C[C@]12CCC(=O)C(=N)C1CC[C@@H]1[C@@H]2CC[C@]2(C)C(=O)CC[C@@H]12. The van der Waals surface area contributed by atoms with E-state index in [0.29, 0.717) is 35.7 Å². The van der Waals surface area contributed by atoms with Gasteiger partial charge < -0.3 is 5.41 Å². The topological polar surface area (TPSA) is 58.0 Å². The van der Waals surface area contributed by atoms with Gasteiger partial charge in [0, 0.05) is 24.2 Å². The summed E-state index contributed by atoms with van der Waals surface area (Å²) >= 11 is 0. The van der Waals surface area contributed by atoms with Gasteiger partial charge in [-0.05, 0) is 61.7 Å². The van der Waals surface area contributed by atoms with E-state index < -0.39 is 0 Å². The van der Waals surface area contributed by atoms with Crippen LogP contribution in [0, 0.1) is 39.9 Å². The van der Waals surface area contributed by atoms with Crippen LogP contribution in [0.1, 0.15) is 65.2 Å². The highest BCUT2D eigenvalue weighted by Crippen LogP contribution is 2.64. The van der Waals surface area contributed by atoms with Gasteiger partial charge >= 0.3 is 0 Å². The Kier molecular flexibility index (Phi) is 3.00. The predicted molar refractivity (Wildman–Crippen MR) is 84.9 cm³/mol. The van der Waals surface area contributed by atoms with E-state index in [0.717, 1.165) is 44.9 Å². The van der Waals surface area contributed by atoms with Crippen molar-refractivity contribution in [3.8, 4) is 0 Å². The highest BCUT2D eigenvalue weighted by molar-refractivity contribution is 6.40. The van der Waals surface area contributed by atoms with Crippen molar-refractivity contribution < 1.29 is 9.59 Å². The normalized spacial score (nSPS) is 51.3. The molecule has 0 spiro atoms. The van der Waals surface area contributed by atoms with E-state index in [-0.39, 0.29) is 22.5 Å². The van der Waals surface area contributed by atoms with E-state index in [2.05, 4.69) is 13.8 Å². The van der Waals surface area contributed by atoms with Crippen LogP contribution in [-0.2, 0) is 9.59 Å². The summed E-state index contributed by atoms with van der Waals surface area (Å²) in [6, 6.07) is 0. The van der Waals surface area contributed by atoms with Crippen molar-refractivity contribution in [2.45, 2.75) is 65.2 Å². The summed E-state index contributed by atoms with van der Waals surface area (Å²) in [6.07, 6.45) is 7.63. The average Bonchev–Trinajstić information content (AvgIpc) is 2.79. The lowest BCUT2D eigenvalue weighted by atomic mass is 9.45. The van der Waals surface area contributed by atoms with Gasteiger partial charge in [-0.15, -0.1) is 0 Å². The molecule has 0 heterocycles. The monoisotopic (exact) mass is 301 g/mol. The second-order valence-corrected chi connectivity index (χ2v) is 8.77. The Morgan fingerprint density at radius 2 is 1.73 bits per heavy atom. The smallest absolute Gasteiger partial charge is 0.176 e. The standard InChI is InChI=1S/C19H27NO2/c1-18-10-8-15(21)17(20)14(18)4-3-11-12-5-6-16(22)19(12,2)9-7-13(11)18/h11-14,20H,3-10H2,1-2H3/t11-,12-,13-,14?,18+,19-/m0/s1. The third-order valence-electron chi connectivity index (χ3n) is 8.12. The molecule has 0 aliphatic heterocycles. The van der Waals surface area contributed by atoms with Gasteiger partial charge in [-0.1, -0.05) is 13.8 Å². The number of carbonyl (C=O) groups excluding carboxylic acids is 2. The fraction of sp³-hybridized carbons (Fsp3) is 0.842. The maximum Gasteiger partial charge on any atom is 0.176 e. The third kappa shape index (κ3) is 1.66. The second kappa shape index (κ2) is 4.52. The molecule has 1 N–H and O–H groups in total. The maximum absolute atomic E-state index is 12.4. The van der Waals surface area contributed by atoms with E-state index in [1.165, 1.54) is 0 Å². The highest BCUT2D eigenvalue weighted by Gasteiger charge is 2.61. The molecule has 4 rings (SSSR count). The van der Waals surface area contributed by atoms with Crippen LogP contribution in [0.25, 0.3) is 0 Å². The quantitative estimate of drug-likeness (QED) is 0.740. The Balaban J connectivity index is 1.68. The van der Waals surface area contributed by atoms with Crippen LogP contribution in [0.5, 0.6) is 0 Å². The molecule has 0 aromatic rings. The summed E-state index contributed by atoms with van der Waals surface area (Å²) in [7, 11) is 0. The predicted octanol–water partition coefficient (Wildman–Crippen LogP) is 3.80. The first kappa shape index (κ1) is 14.6. The molecule has 0 aromatic heterocycles. The van der Waals surface area contributed by atoms with Crippen molar-refractivity contribution >= 4 is 17.3 Å². The molecule has 4 saturated carbocycles. The Morgan fingerprint density at radius 3 is 2.50 bits per heavy atom. The summed E-state index contributed by atoms with van der Waals surface area (Å²) in [5.74, 6) is 2.57. The molecule has 3 heteroatoms. The largest absolute Gasteiger partial charge is 0.301 e. The lowest BCUT2D eigenvalue weighted by molar-refractivity contribution is -0.136. The number of hydrogen-bond donors (Lipinski definition) is 1. The zero-order valence-corrected chi connectivity index (χ0v) is 13.8. The van der Waals surface area contributed by atoms with Crippen molar-refractivity contribution in [2.75, 3.05) is 0 Å². The van der Waals surface area contributed by atoms with Crippen molar-refractivity contribution in [1.82, 2.24) is 0 Å². The average molecular weight is 301 g/mol. The Morgan fingerprint density at radius 1 is 0.955 bits per heavy atom. The molecule has 120 valence electrons. The van der Waals surface area contributed by atoms with Crippen LogP contribution in [0.4, 0.5) is 0 Å². The van der Waals surface area contributed by atoms with Gasteiger partial charge in [0.2, 0.25) is 0 Å². The molecular formula is C19H27NO2. The lowest BCUT2D eigenvalue weighted by Crippen LogP contribution is -2.56. The van der Waals surface area contributed by atoms with Gasteiger partial charge in [-0.25, -0.2) is 0 Å². The molecule has 4 aliphatic rings. The summed E-state index contributed by atoms with van der Waals surface area (Å²) in [5, 5.41) is 8.26. The third-order valence-corrected chi connectivity index (χ3v) is 8.12. The van der Waals surface area contributed by atoms with Crippen LogP contribution in [0.3, 0.4) is 0 Å². The Hall–Kier alpha value is -0.990. The van der Waals surface area contributed by atoms with Gasteiger partial charge in [0.15, 0.2) is 5.78 Å². The van der Waals surface area contributed by atoms with E-state index in [9.17, 15) is 9.59 Å². The molecule has 22 heavy (non-hydrogen) atoms. The van der Waals surface area contributed by atoms with Gasteiger partial charge in [0.05, 0.1) is 5.71 Å². The van der Waals surface area contributed by atoms with Crippen molar-refractivity contribution in [3.63, 3.8) is 0 Å². The minimum Gasteiger partial charge on any atom is -0.301 e. The zero-order valence-electron chi connectivity index (χ0n) is 13.8. The molecule has 3 nitrogen and oxygen atoms in total. The molecule has 0 bridgehead atoms. The van der Waals surface area contributed by atoms with Gasteiger partial charge in [-0.2, -0.15) is 0 Å². The number of ketones is 2. The summed E-state index contributed by atoms with van der Waals surface area (Å²) in [6.45, 7) is 4.55. The second-order valence-electron chi connectivity index (χ2n) is 8.77. The van der Waals surface area contributed by atoms with Crippen LogP contribution in [0.2, 0.25) is 0 Å². The number of fused-ring (bicyclic) bond motifs is 5. The number of Topliss-reactive ketones (excluding diaryl/α,β-unsaturated/α-hetero) is 2. The van der Waals surface area contributed by atoms with E-state index in [4.69, 9.17) is 5.41 Å². The molecule has 0 radical (unpaired) electrons. The number of hydrogen-bond acceptors (Lipinski definition) is 3. The summed E-state index contributed by atoms with van der Waals surface area (Å²) in [5.41, 5.74) is 0.464. The van der Waals surface area contributed by atoms with Gasteiger partial charge in [-0.3, -0.25) is 9.59 Å². The summed E-state index contributed by atoms with van der Waals surface area (Å²) in [4.78, 5) is 24.3. The molecule has 6 atom stereocenters. The number of nitrogens with one attached hydrogen (secondary N) is 1. The number of rotatable bonds is 0. The Bertz CT molecular complexity index is 568. The van der Waals surface area contributed by atoms with Gasteiger partial charge in [0.1, 0.15) is 5.78 Å². The number of carbonyl (C=O) groups is 2. The van der Waals surface area contributed by atoms with Crippen molar-refractivity contribution in [3.05, 3.63) is 0 Å². The highest BCUT2D eigenvalue weighted by atomic mass is 16.1. The van der Waals surface area contributed by atoms with Crippen molar-refractivity contribution in [1.29, 1.82) is 5.41 Å². The molecule has 4 fully saturated rings. The minimum absolute atomic E-state index is 0.0671. The van der Waals surface area contributed by atoms with Crippen molar-refractivity contribution in [2.24, 2.45) is 34.5 Å². The fourth-order valence-corrected chi connectivity index (χ4v) is 6.77. The molecule has 0 amide bonds. The first-order valence-electron chi connectivity index (χ1n) is 9.03. The lowest BCUT2D eigenvalue weighted by Gasteiger charge is -2.59. The Labute approximate surface area is 132 Å². The van der Waals surface area contributed by atoms with E-state index in [1.807, 2.05) is 0 Å². The molecule has 0 saturated heterocycles. The molecule has 4 aliphatic carbocycles. The molecule has 0 aromatic carbocycles. The van der Waals surface area contributed by atoms with E-state index in [1.54, 1.807) is 0 Å². The van der Waals surface area contributed by atoms with E-state index >= 15 is 0 Å². The van der Waals surface area contributed by atoms with Crippen LogP contribution >= 0.6 is 0 Å². The summed E-state index contributed by atoms with van der Waals surface area (Å²) < 4.78 is 0.